The van der Waals surface area contributed by atoms with Gasteiger partial charge >= 0.3 is 0 Å². The molecule has 0 saturated carbocycles. The lowest BCUT2D eigenvalue weighted by molar-refractivity contribution is -0.128. The quantitative estimate of drug-likeness (QED) is 0.279. The normalized spacial score (nSPS) is 11.2. The van der Waals surface area contributed by atoms with Crippen LogP contribution in [0.5, 0.6) is 17.2 Å². The highest BCUT2D eigenvalue weighted by Crippen LogP contribution is 2.28. The molecule has 0 aliphatic carbocycles. The lowest BCUT2D eigenvalue weighted by Gasteiger charge is -2.25. The number of phenols is 1. The lowest BCUT2D eigenvalue weighted by Crippen LogP contribution is -2.42. The van der Waals surface area contributed by atoms with Crippen LogP contribution in [0.4, 0.5) is 5.69 Å². The predicted molar refractivity (Wildman–Crippen MR) is 136 cm³/mol. The van der Waals surface area contributed by atoms with Crippen molar-refractivity contribution in [1.29, 1.82) is 0 Å². The minimum atomic E-state index is -1.18. The van der Waals surface area contributed by atoms with Gasteiger partial charge in [0, 0.05) is 10.6 Å². The fourth-order valence-corrected chi connectivity index (χ4v) is 3.19. The lowest BCUT2D eigenvalue weighted by atomic mass is 10.1. The molecule has 0 aliphatic rings. The molecular weight excluding hydrogens is 493 g/mol. The molecule has 0 spiro atoms. The van der Waals surface area contributed by atoms with E-state index in [4.69, 9.17) is 32.7 Å². The van der Waals surface area contributed by atoms with Gasteiger partial charge in [0.15, 0.2) is 5.60 Å². The Morgan fingerprint density at radius 3 is 2.40 bits per heavy atom. The number of ether oxygens (including phenoxy) is 2. The van der Waals surface area contributed by atoms with Crippen LogP contribution in [0.15, 0.2) is 65.8 Å². The molecule has 10 heteroatoms. The van der Waals surface area contributed by atoms with Gasteiger partial charge in [-0.15, -0.1) is 0 Å². The summed E-state index contributed by atoms with van der Waals surface area (Å²) >= 11 is 11.7. The van der Waals surface area contributed by atoms with Crippen molar-refractivity contribution in [1.82, 2.24) is 5.43 Å². The second kappa shape index (κ2) is 11.1. The van der Waals surface area contributed by atoms with Gasteiger partial charge in [-0.3, -0.25) is 9.59 Å². The van der Waals surface area contributed by atoms with E-state index >= 15 is 0 Å². The van der Waals surface area contributed by atoms with Crippen LogP contribution in [-0.4, -0.2) is 35.8 Å². The number of anilines is 1. The van der Waals surface area contributed by atoms with E-state index in [2.05, 4.69) is 15.8 Å². The molecule has 35 heavy (non-hydrogen) atoms. The summed E-state index contributed by atoms with van der Waals surface area (Å²) in [5.41, 5.74) is 2.49. The maximum absolute atomic E-state index is 12.9. The maximum atomic E-state index is 12.9. The first kappa shape index (κ1) is 25.9. The molecule has 0 heterocycles. The molecule has 3 rings (SSSR count). The number of aromatic hydroxyl groups is 1. The second-order valence-corrected chi connectivity index (χ2v) is 8.69. The number of carbonyl (C=O) groups is 2. The number of hydrazone groups is 1. The minimum absolute atomic E-state index is 0.0609. The Hall–Kier alpha value is -3.75. The summed E-state index contributed by atoms with van der Waals surface area (Å²) in [6, 6.07) is 15.8. The van der Waals surface area contributed by atoms with E-state index in [1.807, 2.05) is 0 Å². The molecule has 2 amide bonds. The van der Waals surface area contributed by atoms with Gasteiger partial charge in [0.2, 0.25) is 0 Å². The number of hydrogen-bond acceptors (Lipinski definition) is 6. The summed E-state index contributed by atoms with van der Waals surface area (Å²) in [5.74, 6) is -0.106. The molecule has 182 valence electrons. The summed E-state index contributed by atoms with van der Waals surface area (Å²) in [6.45, 7) is 3.29. The van der Waals surface area contributed by atoms with Gasteiger partial charge < -0.3 is 19.9 Å². The molecule has 0 aromatic heterocycles. The van der Waals surface area contributed by atoms with E-state index < -0.39 is 11.5 Å². The van der Waals surface area contributed by atoms with Crippen LogP contribution in [0.2, 0.25) is 10.0 Å². The van der Waals surface area contributed by atoms with Crippen LogP contribution in [0.25, 0.3) is 0 Å². The topological polar surface area (TPSA) is 109 Å². The number of nitrogens with zero attached hydrogens (tertiary/aromatic N) is 1. The monoisotopic (exact) mass is 515 g/mol. The summed E-state index contributed by atoms with van der Waals surface area (Å²) in [7, 11) is 1.47. The van der Waals surface area contributed by atoms with E-state index in [1.54, 1.807) is 56.3 Å². The SMILES string of the molecule is COc1cc(C=NNC(=O)c2ccc(O)c(Cl)c2)ccc1NC(=O)C(C)(C)Oc1ccc(Cl)cc1. The van der Waals surface area contributed by atoms with Crippen molar-refractivity contribution in [3.8, 4) is 17.2 Å². The molecule has 0 bridgehead atoms. The number of benzene rings is 3. The number of rotatable bonds is 8. The molecule has 0 aliphatic heterocycles. The third-order valence-electron chi connectivity index (χ3n) is 4.80. The Morgan fingerprint density at radius 2 is 1.74 bits per heavy atom. The molecule has 3 aromatic rings. The number of phenolic OH excluding ortho intramolecular Hbond substituents is 1. The van der Waals surface area contributed by atoms with Crippen molar-refractivity contribution in [3.63, 3.8) is 0 Å². The molecule has 3 N–H and O–H groups in total. The number of carbonyl (C=O) groups excluding carboxylic acids is 2. The standard InChI is InChI=1S/C25H23Cl2N3O5/c1-25(2,35-18-8-6-17(26)7-9-18)24(33)29-20-10-4-15(12-22(20)34-3)14-28-30-23(32)16-5-11-21(31)19(27)13-16/h4-14,31H,1-3H3,(H,29,33)(H,30,32). The molecule has 0 atom stereocenters. The predicted octanol–water partition coefficient (Wildman–Crippen LogP) is 5.27. The summed E-state index contributed by atoms with van der Waals surface area (Å²) in [5, 5.41) is 16.8. The molecule has 3 aromatic carbocycles. The summed E-state index contributed by atoms with van der Waals surface area (Å²) in [4.78, 5) is 25.1. The van der Waals surface area contributed by atoms with Crippen molar-refractivity contribution in [2.24, 2.45) is 5.10 Å². The Balaban J connectivity index is 1.65. The number of nitrogens with one attached hydrogen (secondary N) is 2. The van der Waals surface area contributed by atoms with Crippen molar-refractivity contribution in [3.05, 3.63) is 81.8 Å². The molecule has 0 saturated heterocycles. The van der Waals surface area contributed by atoms with Gasteiger partial charge in [0.05, 0.1) is 24.0 Å². The van der Waals surface area contributed by atoms with Crippen molar-refractivity contribution < 1.29 is 24.2 Å². The third-order valence-corrected chi connectivity index (χ3v) is 5.35. The van der Waals surface area contributed by atoms with Crippen molar-refractivity contribution in [2.45, 2.75) is 19.4 Å². The smallest absolute Gasteiger partial charge is 0.271 e. The molecule has 0 radical (unpaired) electrons. The third kappa shape index (κ3) is 6.88. The fourth-order valence-electron chi connectivity index (χ4n) is 2.89. The number of hydrogen-bond donors (Lipinski definition) is 3. The first-order valence-electron chi connectivity index (χ1n) is 10.3. The molecule has 0 unspecified atom stereocenters. The van der Waals surface area contributed by atoms with Gasteiger partial charge in [-0.05, 0) is 74.0 Å². The minimum Gasteiger partial charge on any atom is -0.506 e. The first-order valence-corrected chi connectivity index (χ1v) is 11.1. The molecular formula is C25H23Cl2N3O5. The van der Waals surface area contributed by atoms with E-state index in [0.717, 1.165) is 0 Å². The first-order chi connectivity index (χ1) is 16.6. The fraction of sp³-hybridized carbons (Fsp3) is 0.160. The van der Waals surface area contributed by atoms with Gasteiger partial charge in [0.25, 0.3) is 11.8 Å². The molecule has 8 nitrogen and oxygen atoms in total. The van der Waals surface area contributed by atoms with Crippen LogP contribution < -0.4 is 20.2 Å². The highest BCUT2D eigenvalue weighted by molar-refractivity contribution is 6.32. The maximum Gasteiger partial charge on any atom is 0.271 e. The van der Waals surface area contributed by atoms with Gasteiger partial charge in [-0.25, -0.2) is 5.43 Å². The Labute approximate surface area is 212 Å². The zero-order valence-electron chi connectivity index (χ0n) is 19.1. The van der Waals surface area contributed by atoms with Gasteiger partial charge in [-0.1, -0.05) is 29.3 Å². The Bertz CT molecular complexity index is 1260. The zero-order chi connectivity index (χ0) is 25.6. The van der Waals surface area contributed by atoms with Crippen LogP contribution in [-0.2, 0) is 4.79 Å². The second-order valence-electron chi connectivity index (χ2n) is 7.85. The van der Waals surface area contributed by atoms with E-state index in [-0.39, 0.29) is 22.2 Å². The zero-order valence-corrected chi connectivity index (χ0v) is 20.6. The van der Waals surface area contributed by atoms with Crippen LogP contribution in [0, 0.1) is 0 Å². The Kier molecular flexibility index (Phi) is 8.22. The van der Waals surface area contributed by atoms with E-state index in [9.17, 15) is 14.7 Å². The highest BCUT2D eigenvalue weighted by Gasteiger charge is 2.30. The van der Waals surface area contributed by atoms with E-state index in [1.165, 1.54) is 31.5 Å². The average molecular weight is 516 g/mol. The van der Waals surface area contributed by atoms with Gasteiger partial charge in [-0.2, -0.15) is 5.10 Å². The average Bonchev–Trinajstić information content (AvgIpc) is 2.82. The van der Waals surface area contributed by atoms with Gasteiger partial charge in [0.1, 0.15) is 17.2 Å². The van der Waals surface area contributed by atoms with Crippen molar-refractivity contribution >= 4 is 46.9 Å². The summed E-state index contributed by atoms with van der Waals surface area (Å²) < 4.78 is 11.2. The number of halogens is 2. The van der Waals surface area contributed by atoms with Crippen molar-refractivity contribution in [2.75, 3.05) is 12.4 Å². The van der Waals surface area contributed by atoms with E-state index in [0.29, 0.717) is 27.8 Å². The Morgan fingerprint density at radius 1 is 1.03 bits per heavy atom. The number of methoxy groups -OCH3 is 1. The van der Waals surface area contributed by atoms with Crippen LogP contribution in [0.3, 0.4) is 0 Å². The molecule has 0 fully saturated rings. The largest absolute Gasteiger partial charge is 0.506 e. The number of amides is 2. The summed E-state index contributed by atoms with van der Waals surface area (Å²) in [6.07, 6.45) is 1.42. The van der Waals surface area contributed by atoms with Crippen LogP contribution >= 0.6 is 23.2 Å². The van der Waals surface area contributed by atoms with Crippen LogP contribution in [0.1, 0.15) is 29.8 Å². The highest BCUT2D eigenvalue weighted by atomic mass is 35.5.